The Morgan fingerprint density at radius 2 is 1.76 bits per heavy atom. The summed E-state index contributed by atoms with van der Waals surface area (Å²) in [6.07, 6.45) is 8.19. The molecule has 0 spiro atoms. The zero-order chi connectivity index (χ0) is 14.7. The first-order valence-electron chi connectivity index (χ1n) is 6.38. The maximum atomic E-state index is 12.0. The van der Waals surface area contributed by atoms with Crippen LogP contribution in [0.25, 0.3) is 11.1 Å². The molecule has 6 nitrogen and oxygen atoms in total. The van der Waals surface area contributed by atoms with Gasteiger partial charge in [0, 0.05) is 36.9 Å². The number of amides is 1. The van der Waals surface area contributed by atoms with Gasteiger partial charge >= 0.3 is 0 Å². The number of benzene rings is 1. The van der Waals surface area contributed by atoms with Gasteiger partial charge in [0.15, 0.2) is 0 Å². The standard InChI is InChI=1S/C15H13N5O/c1-20-9-13(8-18-20)15(21)19-14-4-2-11(3-5-14)12-6-16-10-17-7-12/h2-10H,1H3,(H,19,21). The maximum Gasteiger partial charge on any atom is 0.258 e. The van der Waals surface area contributed by atoms with E-state index in [1.807, 2.05) is 24.3 Å². The highest BCUT2D eigenvalue weighted by molar-refractivity contribution is 6.04. The molecule has 0 radical (unpaired) electrons. The molecular formula is C15H13N5O. The van der Waals surface area contributed by atoms with E-state index >= 15 is 0 Å². The smallest absolute Gasteiger partial charge is 0.258 e. The lowest BCUT2D eigenvalue weighted by molar-refractivity contribution is 0.102. The minimum atomic E-state index is -0.182. The van der Waals surface area contributed by atoms with Gasteiger partial charge in [-0.1, -0.05) is 12.1 Å². The first kappa shape index (κ1) is 13.0. The highest BCUT2D eigenvalue weighted by atomic mass is 16.1. The van der Waals surface area contributed by atoms with Crippen LogP contribution in [-0.2, 0) is 7.05 Å². The minimum Gasteiger partial charge on any atom is -0.322 e. The fraction of sp³-hybridized carbons (Fsp3) is 0.0667. The number of hydrogen-bond donors (Lipinski definition) is 1. The summed E-state index contributed by atoms with van der Waals surface area (Å²) in [6.45, 7) is 0. The van der Waals surface area contributed by atoms with Crippen LogP contribution in [0.5, 0.6) is 0 Å². The van der Waals surface area contributed by atoms with E-state index in [1.54, 1.807) is 30.3 Å². The topological polar surface area (TPSA) is 72.7 Å². The number of aryl methyl sites for hydroxylation is 1. The van der Waals surface area contributed by atoms with Crippen molar-refractivity contribution in [2.45, 2.75) is 0 Å². The predicted molar refractivity (Wildman–Crippen MR) is 78.6 cm³/mol. The molecule has 0 aliphatic carbocycles. The van der Waals surface area contributed by atoms with Crippen LogP contribution in [0.2, 0.25) is 0 Å². The Morgan fingerprint density at radius 1 is 1.05 bits per heavy atom. The van der Waals surface area contributed by atoms with E-state index < -0.39 is 0 Å². The average molecular weight is 279 g/mol. The first-order valence-corrected chi connectivity index (χ1v) is 6.38. The van der Waals surface area contributed by atoms with E-state index in [0.717, 1.165) is 16.8 Å². The van der Waals surface area contributed by atoms with Crippen LogP contribution >= 0.6 is 0 Å². The molecule has 0 atom stereocenters. The summed E-state index contributed by atoms with van der Waals surface area (Å²) >= 11 is 0. The Bertz CT molecular complexity index is 749. The Morgan fingerprint density at radius 3 is 2.38 bits per heavy atom. The molecule has 1 amide bonds. The molecule has 6 heteroatoms. The fourth-order valence-corrected chi connectivity index (χ4v) is 1.94. The molecule has 1 aromatic carbocycles. The molecule has 0 fully saturated rings. The van der Waals surface area contributed by atoms with Crippen molar-refractivity contribution in [3.63, 3.8) is 0 Å². The lowest BCUT2D eigenvalue weighted by Gasteiger charge is -2.05. The number of carbonyl (C=O) groups excluding carboxylic acids is 1. The van der Waals surface area contributed by atoms with E-state index in [-0.39, 0.29) is 5.91 Å². The van der Waals surface area contributed by atoms with Crippen molar-refractivity contribution in [3.8, 4) is 11.1 Å². The molecule has 0 saturated carbocycles. The maximum absolute atomic E-state index is 12.0. The Hall–Kier alpha value is -3.02. The second-order valence-corrected chi connectivity index (χ2v) is 4.56. The normalized spacial score (nSPS) is 10.3. The van der Waals surface area contributed by atoms with Crippen molar-refractivity contribution < 1.29 is 4.79 Å². The highest BCUT2D eigenvalue weighted by Crippen LogP contribution is 2.20. The molecule has 3 rings (SSSR count). The third-order valence-electron chi connectivity index (χ3n) is 3.00. The first-order chi connectivity index (χ1) is 10.2. The van der Waals surface area contributed by atoms with Gasteiger partial charge in [0.2, 0.25) is 0 Å². The second kappa shape index (κ2) is 5.54. The van der Waals surface area contributed by atoms with Crippen molar-refractivity contribution in [1.82, 2.24) is 19.7 Å². The van der Waals surface area contributed by atoms with Gasteiger partial charge < -0.3 is 5.32 Å². The molecule has 21 heavy (non-hydrogen) atoms. The fourth-order valence-electron chi connectivity index (χ4n) is 1.94. The van der Waals surface area contributed by atoms with Crippen LogP contribution in [0.1, 0.15) is 10.4 Å². The van der Waals surface area contributed by atoms with Gasteiger partial charge in [0.25, 0.3) is 5.91 Å². The summed E-state index contributed by atoms with van der Waals surface area (Å²) in [5.74, 6) is -0.182. The molecule has 1 N–H and O–H groups in total. The van der Waals surface area contributed by atoms with Gasteiger partial charge in [-0.25, -0.2) is 9.97 Å². The number of rotatable bonds is 3. The Kier molecular flexibility index (Phi) is 3.42. The summed E-state index contributed by atoms with van der Waals surface area (Å²) in [5.41, 5.74) is 3.18. The van der Waals surface area contributed by atoms with Gasteiger partial charge in [-0.15, -0.1) is 0 Å². The lowest BCUT2D eigenvalue weighted by Crippen LogP contribution is -2.10. The molecule has 3 aromatic rings. The van der Waals surface area contributed by atoms with Crippen LogP contribution in [-0.4, -0.2) is 25.7 Å². The third-order valence-corrected chi connectivity index (χ3v) is 3.00. The molecular weight excluding hydrogens is 266 g/mol. The Labute approximate surface area is 121 Å². The number of nitrogens with one attached hydrogen (secondary N) is 1. The molecule has 0 unspecified atom stereocenters. The molecule has 0 aliphatic heterocycles. The van der Waals surface area contributed by atoms with Crippen LogP contribution in [0, 0.1) is 0 Å². The third kappa shape index (κ3) is 2.94. The second-order valence-electron chi connectivity index (χ2n) is 4.56. The number of nitrogens with zero attached hydrogens (tertiary/aromatic N) is 4. The van der Waals surface area contributed by atoms with Crippen LogP contribution in [0.4, 0.5) is 5.69 Å². The van der Waals surface area contributed by atoms with E-state index in [9.17, 15) is 4.79 Å². The monoisotopic (exact) mass is 279 g/mol. The largest absolute Gasteiger partial charge is 0.322 e. The van der Waals surface area contributed by atoms with E-state index in [4.69, 9.17) is 0 Å². The van der Waals surface area contributed by atoms with Gasteiger partial charge in [-0.05, 0) is 17.7 Å². The minimum absolute atomic E-state index is 0.182. The van der Waals surface area contributed by atoms with Crippen molar-refractivity contribution in [2.75, 3.05) is 5.32 Å². The summed E-state index contributed by atoms with van der Waals surface area (Å²) < 4.78 is 1.59. The Balaban J connectivity index is 1.74. The van der Waals surface area contributed by atoms with Crippen LogP contribution in [0.15, 0.2) is 55.4 Å². The molecule has 104 valence electrons. The van der Waals surface area contributed by atoms with E-state index in [0.29, 0.717) is 5.56 Å². The van der Waals surface area contributed by atoms with Gasteiger partial charge in [0.05, 0.1) is 11.8 Å². The van der Waals surface area contributed by atoms with Crippen molar-refractivity contribution >= 4 is 11.6 Å². The number of aromatic nitrogens is 4. The van der Waals surface area contributed by atoms with Crippen molar-refractivity contribution in [1.29, 1.82) is 0 Å². The molecule has 2 heterocycles. The molecule has 2 aromatic heterocycles. The number of anilines is 1. The molecule has 0 bridgehead atoms. The van der Waals surface area contributed by atoms with Gasteiger partial charge in [-0.3, -0.25) is 9.48 Å². The van der Waals surface area contributed by atoms with E-state index in [2.05, 4.69) is 20.4 Å². The highest BCUT2D eigenvalue weighted by Gasteiger charge is 2.08. The molecule has 0 saturated heterocycles. The summed E-state index contributed by atoms with van der Waals surface area (Å²) in [7, 11) is 1.77. The summed E-state index contributed by atoms with van der Waals surface area (Å²) in [6, 6.07) is 7.52. The van der Waals surface area contributed by atoms with Gasteiger partial charge in [-0.2, -0.15) is 5.10 Å². The van der Waals surface area contributed by atoms with Crippen LogP contribution < -0.4 is 5.32 Å². The summed E-state index contributed by atoms with van der Waals surface area (Å²) in [5, 5.41) is 6.80. The van der Waals surface area contributed by atoms with Crippen LogP contribution in [0.3, 0.4) is 0 Å². The van der Waals surface area contributed by atoms with Gasteiger partial charge in [0.1, 0.15) is 6.33 Å². The quantitative estimate of drug-likeness (QED) is 0.797. The molecule has 0 aliphatic rings. The number of carbonyl (C=O) groups is 1. The zero-order valence-corrected chi connectivity index (χ0v) is 11.4. The summed E-state index contributed by atoms with van der Waals surface area (Å²) in [4.78, 5) is 20.0. The lowest BCUT2D eigenvalue weighted by atomic mass is 10.1. The SMILES string of the molecule is Cn1cc(C(=O)Nc2ccc(-c3cncnc3)cc2)cn1. The van der Waals surface area contributed by atoms with E-state index in [1.165, 1.54) is 12.5 Å². The average Bonchev–Trinajstić information content (AvgIpc) is 2.96. The number of hydrogen-bond acceptors (Lipinski definition) is 4. The predicted octanol–water partition coefficient (Wildman–Crippen LogP) is 2.13. The van der Waals surface area contributed by atoms with Crippen molar-refractivity contribution in [3.05, 3.63) is 60.9 Å². The van der Waals surface area contributed by atoms with Crippen molar-refractivity contribution in [2.24, 2.45) is 7.05 Å². The zero-order valence-electron chi connectivity index (χ0n) is 11.4.